The number of anilines is 2. The van der Waals surface area contributed by atoms with Crippen molar-refractivity contribution < 1.29 is 9.90 Å². The molecule has 2 N–H and O–H groups in total. The Hall–Kier alpha value is -2.38. The Morgan fingerprint density at radius 1 is 1.22 bits per heavy atom. The minimum Gasteiger partial charge on any atom is -0.478 e. The molecule has 5 nitrogen and oxygen atoms in total. The number of aromatic carboxylic acids is 1. The van der Waals surface area contributed by atoms with Crippen molar-refractivity contribution in [2.75, 3.05) is 5.32 Å². The number of hydrogen-bond donors (Lipinski definition) is 2. The molecule has 23 heavy (non-hydrogen) atoms. The summed E-state index contributed by atoms with van der Waals surface area (Å²) in [5, 5.41) is 15.2. The smallest absolute Gasteiger partial charge is 0.336 e. The number of thiazole rings is 1. The van der Waals surface area contributed by atoms with Crippen molar-refractivity contribution in [2.24, 2.45) is 0 Å². The molecule has 0 unspecified atom stereocenters. The molecule has 0 aliphatic heterocycles. The Bertz CT molecular complexity index is 849. The zero-order valence-corrected chi connectivity index (χ0v) is 13.8. The van der Waals surface area contributed by atoms with Crippen LogP contribution >= 0.6 is 23.1 Å². The number of rotatable bonds is 5. The molecule has 0 radical (unpaired) electrons. The summed E-state index contributed by atoms with van der Waals surface area (Å²) in [6, 6.07) is 10.6. The number of benzene rings is 1. The van der Waals surface area contributed by atoms with Gasteiger partial charge in [-0.2, -0.15) is 0 Å². The van der Waals surface area contributed by atoms with Crippen molar-refractivity contribution in [3.63, 3.8) is 0 Å². The predicted molar refractivity (Wildman–Crippen MR) is 91.9 cm³/mol. The van der Waals surface area contributed by atoms with Crippen LogP contribution in [-0.2, 0) is 0 Å². The third-order valence-electron chi connectivity index (χ3n) is 2.95. The highest BCUT2D eigenvalue weighted by molar-refractivity contribution is 7.99. The zero-order valence-electron chi connectivity index (χ0n) is 12.2. The number of aryl methyl sites for hydroxylation is 1. The van der Waals surface area contributed by atoms with E-state index in [1.807, 2.05) is 30.5 Å². The van der Waals surface area contributed by atoms with E-state index in [4.69, 9.17) is 0 Å². The molecule has 7 heteroatoms. The van der Waals surface area contributed by atoms with Crippen LogP contribution in [0.15, 0.2) is 57.8 Å². The van der Waals surface area contributed by atoms with Crippen LogP contribution in [0.1, 0.15) is 16.1 Å². The fraction of sp³-hybridized carbons (Fsp3) is 0.0625. The van der Waals surface area contributed by atoms with Gasteiger partial charge in [-0.3, -0.25) is 0 Å². The Morgan fingerprint density at radius 3 is 2.74 bits per heavy atom. The number of carboxylic acids is 1. The van der Waals surface area contributed by atoms with Gasteiger partial charge in [0.2, 0.25) is 0 Å². The molecule has 2 heterocycles. The first-order chi connectivity index (χ1) is 11.1. The first-order valence-corrected chi connectivity index (χ1v) is 8.47. The zero-order chi connectivity index (χ0) is 16.2. The van der Waals surface area contributed by atoms with Gasteiger partial charge in [0.15, 0.2) is 5.13 Å². The largest absolute Gasteiger partial charge is 0.478 e. The minimum absolute atomic E-state index is 0.275. The van der Waals surface area contributed by atoms with Gasteiger partial charge in [0.1, 0.15) is 5.82 Å². The lowest BCUT2D eigenvalue weighted by atomic mass is 10.2. The van der Waals surface area contributed by atoms with E-state index in [9.17, 15) is 9.90 Å². The van der Waals surface area contributed by atoms with Crippen LogP contribution in [-0.4, -0.2) is 21.0 Å². The van der Waals surface area contributed by atoms with Crippen molar-refractivity contribution >= 4 is 40.0 Å². The van der Waals surface area contributed by atoms with Gasteiger partial charge in [-0.1, -0.05) is 23.9 Å². The maximum absolute atomic E-state index is 11.3. The summed E-state index contributed by atoms with van der Waals surface area (Å²) in [7, 11) is 0. The van der Waals surface area contributed by atoms with E-state index in [-0.39, 0.29) is 5.56 Å². The van der Waals surface area contributed by atoms with Gasteiger partial charge in [0.05, 0.1) is 16.2 Å². The maximum Gasteiger partial charge on any atom is 0.336 e. The number of carboxylic acid groups (broad SMARTS) is 1. The summed E-state index contributed by atoms with van der Waals surface area (Å²) in [6.45, 7) is 1.93. The Morgan fingerprint density at radius 2 is 2.00 bits per heavy atom. The fourth-order valence-electron chi connectivity index (χ4n) is 1.93. The van der Waals surface area contributed by atoms with Crippen molar-refractivity contribution in [3.05, 3.63) is 59.2 Å². The van der Waals surface area contributed by atoms with E-state index < -0.39 is 5.97 Å². The van der Waals surface area contributed by atoms with Gasteiger partial charge >= 0.3 is 5.97 Å². The number of carbonyl (C=O) groups is 1. The SMILES string of the molecule is Cc1csc(Nc2ncccc2Sc2ccccc2C(=O)O)n1. The minimum atomic E-state index is -0.943. The van der Waals surface area contributed by atoms with E-state index in [2.05, 4.69) is 15.3 Å². The molecule has 3 rings (SSSR count). The number of nitrogens with one attached hydrogen (secondary N) is 1. The molecule has 0 aliphatic rings. The molecule has 0 saturated heterocycles. The molecule has 0 spiro atoms. The summed E-state index contributed by atoms with van der Waals surface area (Å²) >= 11 is 2.87. The molecular formula is C16H13N3O2S2. The van der Waals surface area contributed by atoms with Crippen molar-refractivity contribution in [1.29, 1.82) is 0 Å². The molecule has 0 aliphatic carbocycles. The van der Waals surface area contributed by atoms with Crippen LogP contribution < -0.4 is 5.32 Å². The third-order valence-corrected chi connectivity index (χ3v) is 4.95. The summed E-state index contributed by atoms with van der Waals surface area (Å²) in [5.74, 6) is -0.283. The van der Waals surface area contributed by atoms with Crippen LogP contribution in [0.2, 0.25) is 0 Å². The van der Waals surface area contributed by atoms with Crippen molar-refractivity contribution in [3.8, 4) is 0 Å². The second-order valence-electron chi connectivity index (χ2n) is 4.67. The maximum atomic E-state index is 11.3. The van der Waals surface area contributed by atoms with E-state index in [0.29, 0.717) is 10.7 Å². The third kappa shape index (κ3) is 3.69. The Balaban J connectivity index is 1.91. The first kappa shape index (κ1) is 15.5. The molecule has 0 saturated carbocycles. The number of pyridine rings is 1. The van der Waals surface area contributed by atoms with Gasteiger partial charge in [-0.25, -0.2) is 14.8 Å². The van der Waals surface area contributed by atoms with E-state index in [1.54, 1.807) is 24.4 Å². The highest BCUT2D eigenvalue weighted by Crippen LogP contribution is 2.35. The number of hydrogen-bond acceptors (Lipinski definition) is 6. The van der Waals surface area contributed by atoms with Gasteiger partial charge in [0, 0.05) is 16.5 Å². The van der Waals surface area contributed by atoms with Crippen LogP contribution in [0.25, 0.3) is 0 Å². The molecular weight excluding hydrogens is 330 g/mol. The lowest BCUT2D eigenvalue weighted by Gasteiger charge is -2.10. The molecule has 116 valence electrons. The molecule has 0 bridgehead atoms. The molecule has 2 aromatic heterocycles. The second kappa shape index (κ2) is 6.80. The lowest BCUT2D eigenvalue weighted by molar-refractivity contribution is 0.0693. The second-order valence-corrected chi connectivity index (χ2v) is 6.61. The van der Waals surface area contributed by atoms with Crippen LogP contribution in [0.4, 0.5) is 10.9 Å². The lowest BCUT2D eigenvalue weighted by Crippen LogP contribution is -1.99. The average molecular weight is 343 g/mol. The fourth-order valence-corrected chi connectivity index (χ4v) is 3.61. The number of aromatic nitrogens is 2. The summed E-state index contributed by atoms with van der Waals surface area (Å²) in [5.41, 5.74) is 1.22. The predicted octanol–water partition coefficient (Wildman–Crippen LogP) is 4.44. The molecule has 0 amide bonds. The quantitative estimate of drug-likeness (QED) is 0.713. The van der Waals surface area contributed by atoms with Gasteiger partial charge in [-0.05, 0) is 31.2 Å². The summed E-state index contributed by atoms with van der Waals surface area (Å²) in [4.78, 5) is 21.6. The van der Waals surface area contributed by atoms with E-state index >= 15 is 0 Å². The van der Waals surface area contributed by atoms with Gasteiger partial charge in [-0.15, -0.1) is 11.3 Å². The summed E-state index contributed by atoms with van der Waals surface area (Å²) < 4.78 is 0. The van der Waals surface area contributed by atoms with Crippen LogP contribution in [0.3, 0.4) is 0 Å². The Kier molecular flexibility index (Phi) is 4.59. The van der Waals surface area contributed by atoms with Crippen LogP contribution in [0, 0.1) is 6.92 Å². The monoisotopic (exact) mass is 343 g/mol. The van der Waals surface area contributed by atoms with Crippen molar-refractivity contribution in [1.82, 2.24) is 9.97 Å². The molecule has 3 aromatic rings. The van der Waals surface area contributed by atoms with Gasteiger partial charge in [0.25, 0.3) is 0 Å². The van der Waals surface area contributed by atoms with Crippen molar-refractivity contribution in [2.45, 2.75) is 16.7 Å². The number of nitrogens with zero attached hydrogens (tertiary/aromatic N) is 2. The van der Waals surface area contributed by atoms with Gasteiger partial charge < -0.3 is 10.4 Å². The van der Waals surface area contributed by atoms with Crippen LogP contribution in [0.5, 0.6) is 0 Å². The topological polar surface area (TPSA) is 75.1 Å². The normalized spacial score (nSPS) is 10.5. The molecule has 0 atom stereocenters. The Labute approximate surface area is 141 Å². The summed E-state index contributed by atoms with van der Waals surface area (Å²) in [6.07, 6.45) is 1.69. The first-order valence-electron chi connectivity index (χ1n) is 6.78. The standard InChI is InChI=1S/C16H13N3O2S2/c1-10-9-22-16(18-10)19-14-13(7-4-8-17-14)23-12-6-3-2-5-11(12)15(20)21/h2-9H,1H3,(H,20,21)(H,17,18,19). The van der Waals surface area contributed by atoms with E-state index in [1.165, 1.54) is 23.1 Å². The van der Waals surface area contributed by atoms with E-state index in [0.717, 1.165) is 15.7 Å². The highest BCUT2D eigenvalue weighted by Gasteiger charge is 2.13. The molecule has 1 aromatic carbocycles. The average Bonchev–Trinajstić information content (AvgIpc) is 2.95. The highest BCUT2D eigenvalue weighted by atomic mass is 32.2. The molecule has 0 fully saturated rings.